The van der Waals surface area contributed by atoms with Gasteiger partial charge in [0.15, 0.2) is 5.82 Å². The molecule has 4 aromatic heterocycles. The highest BCUT2D eigenvalue weighted by molar-refractivity contribution is 5.92. The normalized spacial score (nSPS) is 11.9. The van der Waals surface area contributed by atoms with Gasteiger partial charge in [0.2, 0.25) is 0 Å². The fourth-order valence-corrected chi connectivity index (χ4v) is 4.80. The lowest BCUT2D eigenvalue weighted by atomic mass is 10.0. The number of H-pyrrole nitrogens is 1. The Kier molecular flexibility index (Phi) is 6.90. The molecule has 2 aromatic carbocycles. The van der Waals surface area contributed by atoms with Gasteiger partial charge in [-0.05, 0) is 41.5 Å². The van der Waals surface area contributed by atoms with Crippen molar-refractivity contribution in [2.45, 2.75) is 25.4 Å². The second-order valence-electron chi connectivity index (χ2n) is 9.35. The number of para-hydroxylation sites is 1. The van der Waals surface area contributed by atoms with Gasteiger partial charge in [0.05, 0.1) is 18.3 Å². The summed E-state index contributed by atoms with van der Waals surface area (Å²) in [5.41, 5.74) is 4.48. The van der Waals surface area contributed by atoms with Crippen molar-refractivity contribution in [1.29, 1.82) is 0 Å². The van der Waals surface area contributed by atoms with Crippen LogP contribution in [0.15, 0.2) is 110 Å². The number of fused-ring (bicyclic) bond motifs is 1. The summed E-state index contributed by atoms with van der Waals surface area (Å²) in [4.78, 5) is 25.5. The molecule has 0 aliphatic heterocycles. The van der Waals surface area contributed by atoms with Gasteiger partial charge < -0.3 is 14.9 Å². The van der Waals surface area contributed by atoms with E-state index in [9.17, 15) is 4.79 Å². The van der Waals surface area contributed by atoms with Crippen LogP contribution >= 0.6 is 0 Å². The van der Waals surface area contributed by atoms with Gasteiger partial charge in [0.1, 0.15) is 11.5 Å². The second kappa shape index (κ2) is 11.1. The standard InChI is InChI=1S/C31H27N7O/c39-31(27-15-7-9-17-33-27)35-28(19-23-20-34-26-14-5-4-13-25(23)26)30-37-36-29(18-22-10-2-1-3-11-22)38(30)21-24-12-6-8-16-32-24/h1-17,20,28,34H,18-19,21H2,(H,35,39)/t28-/m1/s1. The number of carbonyl (C=O) groups is 1. The smallest absolute Gasteiger partial charge is 0.270 e. The molecule has 0 aliphatic rings. The van der Waals surface area contributed by atoms with E-state index in [4.69, 9.17) is 0 Å². The summed E-state index contributed by atoms with van der Waals surface area (Å²) in [7, 11) is 0. The monoisotopic (exact) mass is 513 g/mol. The average molecular weight is 514 g/mol. The third-order valence-electron chi connectivity index (χ3n) is 6.72. The minimum atomic E-state index is -0.459. The largest absolute Gasteiger partial charge is 0.361 e. The third kappa shape index (κ3) is 5.45. The van der Waals surface area contributed by atoms with E-state index in [0.29, 0.717) is 30.9 Å². The number of benzene rings is 2. The number of amides is 1. The highest BCUT2D eigenvalue weighted by Crippen LogP contribution is 2.26. The zero-order chi connectivity index (χ0) is 26.4. The Morgan fingerprint density at radius 3 is 2.41 bits per heavy atom. The number of rotatable bonds is 9. The molecule has 0 radical (unpaired) electrons. The van der Waals surface area contributed by atoms with Gasteiger partial charge in [-0.2, -0.15) is 0 Å². The van der Waals surface area contributed by atoms with Crippen LogP contribution in [-0.2, 0) is 19.4 Å². The zero-order valence-corrected chi connectivity index (χ0v) is 21.2. The van der Waals surface area contributed by atoms with Crippen molar-refractivity contribution in [3.63, 3.8) is 0 Å². The van der Waals surface area contributed by atoms with Gasteiger partial charge in [-0.25, -0.2) is 0 Å². The molecule has 0 fully saturated rings. The number of aromatic amines is 1. The lowest BCUT2D eigenvalue weighted by Crippen LogP contribution is -2.33. The highest BCUT2D eigenvalue weighted by atomic mass is 16.2. The van der Waals surface area contributed by atoms with Crippen molar-refractivity contribution >= 4 is 16.8 Å². The Morgan fingerprint density at radius 1 is 0.846 bits per heavy atom. The van der Waals surface area contributed by atoms with Crippen LogP contribution in [-0.4, -0.2) is 35.6 Å². The van der Waals surface area contributed by atoms with E-state index in [-0.39, 0.29) is 5.91 Å². The van der Waals surface area contributed by atoms with E-state index in [1.54, 1.807) is 30.6 Å². The summed E-state index contributed by atoms with van der Waals surface area (Å²) in [6, 6.07) is 29.0. The van der Waals surface area contributed by atoms with Crippen LogP contribution in [0.3, 0.4) is 0 Å². The Hall–Kier alpha value is -5.11. The van der Waals surface area contributed by atoms with Crippen molar-refractivity contribution in [3.05, 3.63) is 144 Å². The SMILES string of the molecule is O=C(N[C@H](Cc1c[nH]c2ccccc12)c1nnc(Cc2ccccc2)n1Cc1ccccn1)c1ccccn1. The molecule has 8 heteroatoms. The maximum atomic E-state index is 13.3. The molecule has 0 bridgehead atoms. The van der Waals surface area contributed by atoms with Crippen molar-refractivity contribution < 1.29 is 4.79 Å². The van der Waals surface area contributed by atoms with Crippen molar-refractivity contribution in [3.8, 4) is 0 Å². The van der Waals surface area contributed by atoms with E-state index in [0.717, 1.165) is 33.5 Å². The molecule has 0 saturated carbocycles. The highest BCUT2D eigenvalue weighted by Gasteiger charge is 2.26. The van der Waals surface area contributed by atoms with Gasteiger partial charge >= 0.3 is 0 Å². The van der Waals surface area contributed by atoms with Crippen molar-refractivity contribution in [2.24, 2.45) is 0 Å². The number of hydrogen-bond donors (Lipinski definition) is 2. The van der Waals surface area contributed by atoms with E-state index in [1.807, 2.05) is 60.8 Å². The number of aromatic nitrogens is 6. The summed E-state index contributed by atoms with van der Waals surface area (Å²) in [6.45, 7) is 0.481. The molecule has 2 N–H and O–H groups in total. The van der Waals surface area contributed by atoms with Crippen molar-refractivity contribution in [2.75, 3.05) is 0 Å². The first kappa shape index (κ1) is 24.2. The van der Waals surface area contributed by atoms with Gasteiger partial charge in [-0.3, -0.25) is 14.8 Å². The van der Waals surface area contributed by atoms with Gasteiger partial charge in [0.25, 0.3) is 5.91 Å². The number of nitrogens with one attached hydrogen (secondary N) is 2. The maximum Gasteiger partial charge on any atom is 0.270 e. The Balaban J connectivity index is 1.42. The number of pyridine rings is 2. The molecule has 4 heterocycles. The van der Waals surface area contributed by atoms with Crippen LogP contribution in [0, 0.1) is 0 Å². The number of carbonyl (C=O) groups excluding carboxylic acids is 1. The number of hydrogen-bond acceptors (Lipinski definition) is 5. The number of nitrogens with zero attached hydrogens (tertiary/aromatic N) is 5. The van der Waals surface area contributed by atoms with Crippen LogP contribution in [0.5, 0.6) is 0 Å². The molecule has 0 spiro atoms. The average Bonchev–Trinajstić information content (AvgIpc) is 3.58. The Bertz CT molecular complexity index is 1680. The Labute approximate surface area is 225 Å². The third-order valence-corrected chi connectivity index (χ3v) is 6.72. The fourth-order valence-electron chi connectivity index (χ4n) is 4.80. The summed E-state index contributed by atoms with van der Waals surface area (Å²) in [6.07, 6.45) is 6.52. The van der Waals surface area contributed by atoms with E-state index >= 15 is 0 Å². The summed E-state index contributed by atoms with van der Waals surface area (Å²) in [5, 5.41) is 13.6. The van der Waals surface area contributed by atoms with E-state index < -0.39 is 6.04 Å². The predicted octanol–water partition coefficient (Wildman–Crippen LogP) is 4.90. The van der Waals surface area contributed by atoms with Crippen LogP contribution in [0.1, 0.15) is 45.0 Å². The molecule has 1 atom stereocenters. The molecule has 0 unspecified atom stereocenters. The summed E-state index contributed by atoms with van der Waals surface area (Å²) < 4.78 is 2.08. The molecular weight excluding hydrogens is 486 g/mol. The topological polar surface area (TPSA) is 101 Å². The first-order valence-electron chi connectivity index (χ1n) is 12.9. The minimum absolute atomic E-state index is 0.266. The van der Waals surface area contributed by atoms with Crippen LogP contribution in [0.4, 0.5) is 0 Å². The van der Waals surface area contributed by atoms with Gasteiger partial charge in [-0.15, -0.1) is 10.2 Å². The minimum Gasteiger partial charge on any atom is -0.361 e. The molecule has 1 amide bonds. The summed E-state index contributed by atoms with van der Waals surface area (Å²) >= 11 is 0. The summed E-state index contributed by atoms with van der Waals surface area (Å²) in [5.74, 6) is 1.21. The van der Waals surface area contributed by atoms with Crippen LogP contribution in [0.2, 0.25) is 0 Å². The van der Waals surface area contributed by atoms with Crippen LogP contribution in [0.25, 0.3) is 10.9 Å². The van der Waals surface area contributed by atoms with Crippen molar-refractivity contribution in [1.82, 2.24) is 35.0 Å². The quantitative estimate of drug-likeness (QED) is 0.286. The van der Waals surface area contributed by atoms with Crippen LogP contribution < -0.4 is 5.32 Å². The van der Waals surface area contributed by atoms with Gasteiger partial charge in [0, 0.05) is 42.3 Å². The lowest BCUT2D eigenvalue weighted by Gasteiger charge is -2.20. The van der Waals surface area contributed by atoms with E-state index in [1.165, 1.54) is 0 Å². The molecule has 6 rings (SSSR count). The predicted molar refractivity (Wildman–Crippen MR) is 149 cm³/mol. The van der Waals surface area contributed by atoms with Gasteiger partial charge in [-0.1, -0.05) is 60.7 Å². The van der Waals surface area contributed by atoms with E-state index in [2.05, 4.69) is 53.2 Å². The maximum absolute atomic E-state index is 13.3. The molecule has 0 aliphatic carbocycles. The molecule has 192 valence electrons. The fraction of sp³-hybridized carbons (Fsp3) is 0.129. The molecular formula is C31H27N7O. The molecule has 0 saturated heterocycles. The first-order chi connectivity index (χ1) is 19.2. The zero-order valence-electron chi connectivity index (χ0n) is 21.2. The Morgan fingerprint density at radius 2 is 1.62 bits per heavy atom. The first-order valence-corrected chi connectivity index (χ1v) is 12.9. The molecule has 6 aromatic rings. The molecule has 39 heavy (non-hydrogen) atoms. The second-order valence-corrected chi connectivity index (χ2v) is 9.35. The lowest BCUT2D eigenvalue weighted by molar-refractivity contribution is 0.0929. The molecule has 8 nitrogen and oxygen atoms in total.